The van der Waals surface area contributed by atoms with Crippen molar-refractivity contribution >= 4 is 23.5 Å². The molecule has 0 aliphatic rings. The van der Waals surface area contributed by atoms with E-state index in [1.165, 1.54) is 0 Å². The summed E-state index contributed by atoms with van der Waals surface area (Å²) in [6, 6.07) is 0. The summed E-state index contributed by atoms with van der Waals surface area (Å²) in [5.41, 5.74) is 0. The Kier molecular flexibility index (Phi) is 9.43. The van der Waals surface area contributed by atoms with Crippen LogP contribution in [0.25, 0.3) is 0 Å². The van der Waals surface area contributed by atoms with E-state index in [-0.39, 0.29) is 0 Å². The van der Waals surface area contributed by atoms with Crippen molar-refractivity contribution in [3.05, 3.63) is 0 Å². The molecule has 0 saturated carbocycles. The molecule has 2 unspecified atom stereocenters. The maximum Gasteiger partial charge on any atom is 0.375 e. The van der Waals surface area contributed by atoms with Crippen LogP contribution in [0.2, 0.25) is 0 Å². The van der Waals surface area contributed by atoms with Crippen LogP contribution in [0, 0.1) is 0 Å². The molecule has 0 amide bonds. The summed E-state index contributed by atoms with van der Waals surface area (Å²) < 4.78 is 0. The van der Waals surface area contributed by atoms with E-state index in [4.69, 9.17) is 30.6 Å². The van der Waals surface area contributed by atoms with Crippen LogP contribution in [0.4, 0.5) is 0 Å². The van der Waals surface area contributed by atoms with Crippen LogP contribution < -0.4 is 0 Å². The highest BCUT2D eigenvalue weighted by atomic mass is 16.4. The van der Waals surface area contributed by atoms with Gasteiger partial charge in [-0.2, -0.15) is 0 Å². The van der Waals surface area contributed by atoms with Crippen LogP contribution in [0.3, 0.4) is 0 Å². The van der Waals surface area contributed by atoms with Crippen molar-refractivity contribution in [3.8, 4) is 0 Å². The molecule has 0 aliphatic heterocycles. The lowest BCUT2D eigenvalue weighted by Gasteiger charge is -1.98. The number of carboxylic acids is 2. The summed E-state index contributed by atoms with van der Waals surface area (Å²) in [6.45, 7) is -1.71. The van der Waals surface area contributed by atoms with Crippen molar-refractivity contribution in [3.63, 3.8) is 0 Å². The van der Waals surface area contributed by atoms with Crippen molar-refractivity contribution in [1.29, 1.82) is 0 Å². The Balaban J connectivity index is 0. The van der Waals surface area contributed by atoms with Crippen molar-refractivity contribution in [1.82, 2.24) is 0 Å². The van der Waals surface area contributed by atoms with E-state index in [1.54, 1.807) is 0 Å². The number of Topliss-reactive ketones (excluding diaryl/α,β-unsaturated/α-hetero) is 2. The highest BCUT2D eigenvalue weighted by Gasteiger charge is 2.21. The topological polar surface area (TPSA) is 190 Å². The van der Waals surface area contributed by atoms with Crippen LogP contribution >= 0.6 is 0 Å². The molecule has 18 heavy (non-hydrogen) atoms. The third-order valence-electron chi connectivity index (χ3n) is 1.37. The van der Waals surface area contributed by atoms with Gasteiger partial charge in [-0.1, -0.05) is 0 Å². The van der Waals surface area contributed by atoms with Crippen LogP contribution in [0.5, 0.6) is 0 Å². The van der Waals surface area contributed by atoms with Gasteiger partial charge in [0.25, 0.3) is 11.6 Å². The van der Waals surface area contributed by atoms with Gasteiger partial charge in [-0.3, -0.25) is 9.59 Å². The zero-order valence-corrected chi connectivity index (χ0v) is 8.89. The number of aliphatic hydroxyl groups excluding tert-OH is 4. The molecule has 10 nitrogen and oxygen atoms in total. The Morgan fingerprint density at radius 1 is 0.722 bits per heavy atom. The number of hydrogen-bond donors (Lipinski definition) is 6. The molecule has 104 valence electrons. The molecule has 2 atom stereocenters. The van der Waals surface area contributed by atoms with Gasteiger partial charge in [0, 0.05) is 0 Å². The van der Waals surface area contributed by atoms with E-state index >= 15 is 0 Å². The monoisotopic (exact) mass is 268 g/mol. The van der Waals surface area contributed by atoms with E-state index in [1.807, 2.05) is 0 Å². The lowest BCUT2D eigenvalue weighted by molar-refractivity contribution is -0.154. The fourth-order valence-electron chi connectivity index (χ4n) is 0.451. The predicted octanol–water partition coefficient (Wildman–Crippen LogP) is -4.01. The molecule has 0 heterocycles. The first kappa shape index (κ1) is 18.5. The number of aliphatic carboxylic acids is 2. The smallest absolute Gasteiger partial charge is 0.375 e. The predicted molar refractivity (Wildman–Crippen MR) is 51.5 cm³/mol. The normalized spacial score (nSPS) is 12.7. The number of aliphatic hydroxyl groups is 4. The van der Waals surface area contributed by atoms with Gasteiger partial charge >= 0.3 is 11.9 Å². The average Bonchev–Trinajstić information content (AvgIpc) is 2.35. The highest BCUT2D eigenvalue weighted by molar-refractivity contribution is 6.34. The standard InChI is InChI=1S/2C4H6O5/c2*5-1-2(6)3(7)4(8)9/h2*2,5-6H,1H2,(H,8,9). The van der Waals surface area contributed by atoms with Crippen molar-refractivity contribution in [2.24, 2.45) is 0 Å². The first-order valence-corrected chi connectivity index (χ1v) is 4.31. The molecule has 0 aromatic heterocycles. The Labute approximate surface area is 99.7 Å². The number of carbonyl (C=O) groups excluding carboxylic acids is 2. The third-order valence-corrected chi connectivity index (χ3v) is 1.37. The number of carboxylic acid groups (broad SMARTS) is 2. The molecule has 0 aliphatic carbocycles. The van der Waals surface area contributed by atoms with Gasteiger partial charge < -0.3 is 30.6 Å². The minimum absolute atomic E-state index is 0.856. The van der Waals surface area contributed by atoms with Crippen LogP contribution in [-0.2, 0) is 19.2 Å². The number of rotatable bonds is 6. The van der Waals surface area contributed by atoms with Crippen LogP contribution in [-0.4, -0.2) is 79.6 Å². The summed E-state index contributed by atoms with van der Waals surface area (Å²) in [7, 11) is 0. The molecule has 0 spiro atoms. The first-order valence-electron chi connectivity index (χ1n) is 4.31. The maximum absolute atomic E-state index is 10.1. The zero-order valence-electron chi connectivity index (χ0n) is 8.89. The minimum atomic E-state index is -1.79. The van der Waals surface area contributed by atoms with Gasteiger partial charge in [0.15, 0.2) is 0 Å². The van der Waals surface area contributed by atoms with Crippen molar-refractivity contribution in [2.75, 3.05) is 13.2 Å². The Hall–Kier alpha value is -1.88. The molecule has 6 N–H and O–H groups in total. The molecule has 0 fully saturated rings. The van der Waals surface area contributed by atoms with Crippen LogP contribution in [0.15, 0.2) is 0 Å². The first-order chi connectivity index (χ1) is 8.18. The maximum atomic E-state index is 10.1. The van der Waals surface area contributed by atoms with Gasteiger partial charge in [-0.25, -0.2) is 9.59 Å². The second-order valence-electron chi connectivity index (χ2n) is 2.74. The minimum Gasteiger partial charge on any atom is -0.475 e. The van der Waals surface area contributed by atoms with Crippen LogP contribution in [0.1, 0.15) is 0 Å². The molecule has 0 radical (unpaired) electrons. The zero-order chi connectivity index (χ0) is 14.9. The summed E-state index contributed by atoms with van der Waals surface area (Å²) in [5.74, 6) is -6.26. The summed E-state index contributed by atoms with van der Waals surface area (Å²) in [4.78, 5) is 39.5. The van der Waals surface area contributed by atoms with Gasteiger partial charge in [-0.15, -0.1) is 0 Å². The third kappa shape index (κ3) is 7.40. The Morgan fingerprint density at radius 3 is 1.00 bits per heavy atom. The number of carbonyl (C=O) groups is 4. The SMILES string of the molecule is O=C(O)C(=O)C(O)CO.O=C(O)C(=O)C(O)CO. The fourth-order valence-corrected chi connectivity index (χ4v) is 0.451. The van der Waals surface area contributed by atoms with Crippen molar-refractivity contribution in [2.45, 2.75) is 12.2 Å². The van der Waals surface area contributed by atoms with E-state index in [2.05, 4.69) is 0 Å². The molecule has 0 aromatic rings. The summed E-state index contributed by atoms with van der Waals surface area (Å²) >= 11 is 0. The Morgan fingerprint density at radius 2 is 0.944 bits per heavy atom. The molecular weight excluding hydrogens is 256 g/mol. The number of hydrogen-bond acceptors (Lipinski definition) is 8. The molecular formula is C8H12O10. The van der Waals surface area contributed by atoms with Gasteiger partial charge in [0.1, 0.15) is 12.2 Å². The lowest BCUT2D eigenvalue weighted by atomic mass is 10.2. The largest absolute Gasteiger partial charge is 0.475 e. The highest BCUT2D eigenvalue weighted by Crippen LogP contribution is 1.83. The number of ketones is 2. The second kappa shape index (κ2) is 9.18. The molecule has 0 bridgehead atoms. The lowest BCUT2D eigenvalue weighted by Crippen LogP contribution is -2.30. The van der Waals surface area contributed by atoms with E-state index in [0.29, 0.717) is 0 Å². The van der Waals surface area contributed by atoms with E-state index in [9.17, 15) is 19.2 Å². The quantitative estimate of drug-likeness (QED) is 0.259. The van der Waals surface area contributed by atoms with Gasteiger partial charge in [0.2, 0.25) is 0 Å². The summed E-state index contributed by atoms with van der Waals surface area (Å²) in [5, 5.41) is 48.4. The fraction of sp³-hybridized carbons (Fsp3) is 0.500. The van der Waals surface area contributed by atoms with E-state index in [0.717, 1.165) is 0 Å². The Bertz CT molecular complexity index is 290. The van der Waals surface area contributed by atoms with Crippen molar-refractivity contribution < 1.29 is 49.8 Å². The molecule has 0 saturated heterocycles. The van der Waals surface area contributed by atoms with Gasteiger partial charge in [-0.05, 0) is 0 Å². The molecule has 0 rings (SSSR count). The van der Waals surface area contributed by atoms with Gasteiger partial charge in [0.05, 0.1) is 13.2 Å². The average molecular weight is 268 g/mol. The summed E-state index contributed by atoms with van der Waals surface area (Å²) in [6.07, 6.45) is -3.58. The van der Waals surface area contributed by atoms with E-state index < -0.39 is 48.9 Å². The second-order valence-corrected chi connectivity index (χ2v) is 2.74. The molecule has 0 aromatic carbocycles. The molecule has 10 heteroatoms.